The average molecular weight is 458 g/mol. The maximum atomic E-state index is 13.0. The van der Waals surface area contributed by atoms with Crippen molar-refractivity contribution < 1.29 is 13.9 Å². The number of rotatable bonds is 4. The van der Waals surface area contributed by atoms with E-state index in [0.29, 0.717) is 27.4 Å². The molecule has 3 heterocycles. The molecular formula is C25H18N2O5S. The molecule has 0 aliphatic carbocycles. The smallest absolute Gasteiger partial charge is 0.342 e. The predicted molar refractivity (Wildman–Crippen MR) is 126 cm³/mol. The lowest BCUT2D eigenvalue weighted by atomic mass is 10.0. The summed E-state index contributed by atoms with van der Waals surface area (Å²) >= 11 is 1.34. The number of aryl methyl sites for hydroxylation is 1. The van der Waals surface area contributed by atoms with Crippen LogP contribution in [0.3, 0.4) is 0 Å². The first-order chi connectivity index (χ1) is 15.9. The van der Waals surface area contributed by atoms with Crippen LogP contribution in [0.15, 0.2) is 74.0 Å². The number of carbonyl (C=O) groups excluding carboxylic acids is 1. The van der Waals surface area contributed by atoms with Crippen LogP contribution in [0.2, 0.25) is 0 Å². The molecule has 0 radical (unpaired) electrons. The molecule has 7 nitrogen and oxygen atoms in total. The highest BCUT2D eigenvalue weighted by Gasteiger charge is 2.19. The van der Waals surface area contributed by atoms with Gasteiger partial charge in [-0.1, -0.05) is 36.4 Å². The lowest BCUT2D eigenvalue weighted by Gasteiger charge is -2.10. The van der Waals surface area contributed by atoms with Crippen molar-refractivity contribution in [1.82, 2.24) is 9.38 Å². The molecule has 164 valence electrons. The van der Waals surface area contributed by atoms with E-state index in [1.165, 1.54) is 21.8 Å². The second-order valence-corrected chi connectivity index (χ2v) is 8.43. The largest absolute Gasteiger partial charge is 0.455 e. The number of thiazole rings is 1. The number of ether oxygens (including phenoxy) is 1. The molecule has 0 amide bonds. The summed E-state index contributed by atoms with van der Waals surface area (Å²) in [5.74, 6) is -0.266. The molecule has 0 N–H and O–H groups in total. The second kappa shape index (κ2) is 8.14. The van der Waals surface area contributed by atoms with Gasteiger partial charge in [-0.15, -0.1) is 11.3 Å². The number of nitrogens with zero attached hydrogens (tertiary/aromatic N) is 2. The Labute approximate surface area is 191 Å². The average Bonchev–Trinajstić information content (AvgIpc) is 3.21. The molecule has 2 aromatic carbocycles. The number of fused-ring (bicyclic) bond motifs is 2. The topological polar surface area (TPSA) is 90.9 Å². The molecule has 0 aliphatic rings. The van der Waals surface area contributed by atoms with Gasteiger partial charge in [-0.25, -0.2) is 9.78 Å². The fourth-order valence-electron chi connectivity index (χ4n) is 3.73. The first kappa shape index (κ1) is 20.8. The standard InChI is InChI=1S/C25H18N2O5S/c1-14-13-33-25-26-17(11-20(28)27(14)25)12-31-24(30)19-10-6-9-18-21(29)15(2)22(32-23(18)19)16-7-4-3-5-8-16/h3-11,13H,12H2,1-2H3. The van der Waals surface area contributed by atoms with Crippen molar-refractivity contribution in [3.63, 3.8) is 0 Å². The van der Waals surface area contributed by atoms with E-state index >= 15 is 0 Å². The Hall–Kier alpha value is -4.04. The van der Waals surface area contributed by atoms with E-state index in [9.17, 15) is 14.4 Å². The lowest BCUT2D eigenvalue weighted by Crippen LogP contribution is -2.16. The van der Waals surface area contributed by atoms with Gasteiger partial charge in [0.15, 0.2) is 16.0 Å². The van der Waals surface area contributed by atoms with Crippen LogP contribution in [-0.2, 0) is 11.3 Å². The van der Waals surface area contributed by atoms with E-state index in [4.69, 9.17) is 9.15 Å². The molecule has 0 spiro atoms. The van der Waals surface area contributed by atoms with Gasteiger partial charge < -0.3 is 9.15 Å². The Morgan fingerprint density at radius 1 is 1.09 bits per heavy atom. The Morgan fingerprint density at radius 3 is 2.67 bits per heavy atom. The van der Waals surface area contributed by atoms with Crippen molar-refractivity contribution >= 4 is 33.2 Å². The quantitative estimate of drug-likeness (QED) is 0.368. The van der Waals surface area contributed by atoms with Gasteiger partial charge in [0, 0.05) is 28.3 Å². The molecule has 0 bridgehead atoms. The summed E-state index contributed by atoms with van der Waals surface area (Å²) in [7, 11) is 0. The summed E-state index contributed by atoms with van der Waals surface area (Å²) in [4.78, 5) is 43.2. The van der Waals surface area contributed by atoms with Crippen molar-refractivity contribution in [1.29, 1.82) is 0 Å². The van der Waals surface area contributed by atoms with Crippen LogP contribution in [0.1, 0.15) is 27.3 Å². The molecular weight excluding hydrogens is 440 g/mol. The Balaban J connectivity index is 1.52. The minimum atomic E-state index is -0.670. The van der Waals surface area contributed by atoms with Gasteiger partial charge in [0.25, 0.3) is 5.56 Å². The highest BCUT2D eigenvalue weighted by Crippen LogP contribution is 2.27. The summed E-state index contributed by atoms with van der Waals surface area (Å²) in [5, 5.41) is 2.14. The number of hydrogen-bond acceptors (Lipinski definition) is 7. The normalized spacial score (nSPS) is 11.2. The molecule has 0 unspecified atom stereocenters. The van der Waals surface area contributed by atoms with Crippen LogP contribution in [0, 0.1) is 13.8 Å². The summed E-state index contributed by atoms with van der Waals surface area (Å²) < 4.78 is 13.0. The van der Waals surface area contributed by atoms with Crippen LogP contribution in [0.25, 0.3) is 27.3 Å². The van der Waals surface area contributed by atoms with Crippen LogP contribution in [0.4, 0.5) is 0 Å². The molecule has 5 aromatic rings. The summed E-state index contributed by atoms with van der Waals surface area (Å²) in [5.41, 5.74) is 2.19. The number of hydrogen-bond donors (Lipinski definition) is 0. The van der Waals surface area contributed by atoms with Gasteiger partial charge in [0.2, 0.25) is 0 Å². The lowest BCUT2D eigenvalue weighted by molar-refractivity contribution is 0.0469. The number of carbonyl (C=O) groups is 1. The van der Waals surface area contributed by atoms with Gasteiger partial charge in [-0.2, -0.15) is 0 Å². The fourth-order valence-corrected chi connectivity index (χ4v) is 4.62. The minimum absolute atomic E-state index is 0.131. The number of esters is 1. The number of aromatic nitrogens is 2. The third-order valence-corrected chi connectivity index (χ3v) is 6.32. The van der Waals surface area contributed by atoms with Crippen molar-refractivity contribution in [2.75, 3.05) is 0 Å². The first-order valence-corrected chi connectivity index (χ1v) is 11.1. The predicted octanol–water partition coefficient (Wildman–Crippen LogP) is 4.50. The van der Waals surface area contributed by atoms with Crippen LogP contribution < -0.4 is 11.0 Å². The second-order valence-electron chi connectivity index (χ2n) is 7.59. The zero-order valence-corrected chi connectivity index (χ0v) is 18.6. The Kier molecular flexibility index (Phi) is 5.14. The molecule has 0 saturated carbocycles. The zero-order chi connectivity index (χ0) is 23.1. The monoisotopic (exact) mass is 458 g/mol. The minimum Gasteiger partial charge on any atom is -0.455 e. The van der Waals surface area contributed by atoms with Crippen molar-refractivity contribution in [2.24, 2.45) is 0 Å². The van der Waals surface area contributed by atoms with Crippen molar-refractivity contribution in [3.8, 4) is 11.3 Å². The highest BCUT2D eigenvalue weighted by atomic mass is 32.1. The van der Waals surface area contributed by atoms with Crippen LogP contribution in [0.5, 0.6) is 0 Å². The Bertz CT molecular complexity index is 1650. The maximum absolute atomic E-state index is 13.0. The molecule has 0 aliphatic heterocycles. The van der Waals surface area contributed by atoms with Gasteiger partial charge in [-0.3, -0.25) is 14.0 Å². The molecule has 0 atom stereocenters. The first-order valence-electron chi connectivity index (χ1n) is 10.2. The zero-order valence-electron chi connectivity index (χ0n) is 17.8. The van der Waals surface area contributed by atoms with Gasteiger partial charge in [-0.05, 0) is 26.0 Å². The molecule has 8 heteroatoms. The van der Waals surface area contributed by atoms with Gasteiger partial charge in [0.1, 0.15) is 17.9 Å². The fraction of sp³-hybridized carbons (Fsp3) is 0.120. The van der Waals surface area contributed by atoms with Crippen LogP contribution in [-0.4, -0.2) is 15.4 Å². The van der Waals surface area contributed by atoms with E-state index in [2.05, 4.69) is 4.98 Å². The molecule has 33 heavy (non-hydrogen) atoms. The Morgan fingerprint density at radius 2 is 1.88 bits per heavy atom. The molecule has 5 rings (SSSR count). The molecule has 0 fully saturated rings. The van der Waals surface area contributed by atoms with Gasteiger partial charge >= 0.3 is 5.97 Å². The van der Waals surface area contributed by atoms with Crippen molar-refractivity contribution in [3.05, 3.63) is 103 Å². The van der Waals surface area contributed by atoms with E-state index in [1.54, 1.807) is 25.1 Å². The van der Waals surface area contributed by atoms with E-state index < -0.39 is 5.97 Å². The number of para-hydroxylation sites is 1. The molecule has 3 aromatic heterocycles. The maximum Gasteiger partial charge on any atom is 0.342 e. The number of benzene rings is 2. The van der Waals surface area contributed by atoms with E-state index in [0.717, 1.165) is 11.3 Å². The highest BCUT2D eigenvalue weighted by molar-refractivity contribution is 7.15. The third-order valence-electron chi connectivity index (χ3n) is 5.38. The SMILES string of the molecule is Cc1c(-c2ccccc2)oc2c(C(=O)OCc3cc(=O)n4c(C)csc4n3)cccc2c1=O. The van der Waals surface area contributed by atoms with E-state index in [1.807, 2.05) is 42.6 Å². The summed E-state index contributed by atoms with van der Waals surface area (Å²) in [6.07, 6.45) is 0. The third kappa shape index (κ3) is 3.64. The van der Waals surface area contributed by atoms with Crippen LogP contribution >= 0.6 is 11.3 Å². The summed E-state index contributed by atoms with van der Waals surface area (Å²) in [6, 6.07) is 15.4. The van der Waals surface area contributed by atoms with Gasteiger partial charge in [0.05, 0.1) is 11.1 Å². The molecule has 0 saturated heterocycles. The summed E-state index contributed by atoms with van der Waals surface area (Å²) in [6.45, 7) is 3.34. The van der Waals surface area contributed by atoms with E-state index in [-0.39, 0.29) is 28.7 Å². The van der Waals surface area contributed by atoms with Crippen molar-refractivity contribution in [2.45, 2.75) is 20.5 Å².